The predicted octanol–water partition coefficient (Wildman–Crippen LogP) is 3.12. The molecule has 1 fully saturated rings. The average molecular weight is 245 g/mol. The first-order valence-electron chi connectivity index (χ1n) is 6.30. The van der Waals surface area contributed by atoms with Gasteiger partial charge in [-0.2, -0.15) is 0 Å². The fourth-order valence-corrected chi connectivity index (χ4v) is 2.22. The van der Waals surface area contributed by atoms with Crippen LogP contribution in [-0.4, -0.2) is 9.67 Å². The first kappa shape index (κ1) is 11.5. The third-order valence-electron chi connectivity index (χ3n) is 3.46. The van der Waals surface area contributed by atoms with Crippen LogP contribution in [0.15, 0.2) is 42.7 Å². The number of aromatic nitrogens is 1. The Labute approximate surface area is 106 Å². The topological polar surface area (TPSA) is 25.2 Å². The Balaban J connectivity index is 1.71. The van der Waals surface area contributed by atoms with Crippen molar-refractivity contribution in [3.8, 4) is 0 Å². The molecular weight excluding hydrogens is 229 g/mol. The number of hydrogen-bond donors (Lipinski definition) is 1. The normalized spacial score (nSPS) is 16.8. The van der Waals surface area contributed by atoms with Crippen molar-refractivity contribution in [2.75, 3.05) is 0 Å². The Hall–Kier alpha value is -1.61. The maximum absolute atomic E-state index is 12.8. The van der Waals surface area contributed by atoms with Gasteiger partial charge in [0.05, 0.1) is 6.10 Å². The van der Waals surface area contributed by atoms with Crippen molar-refractivity contribution in [2.45, 2.75) is 25.5 Å². The molecule has 3 heteroatoms. The highest BCUT2D eigenvalue weighted by Crippen LogP contribution is 2.40. The van der Waals surface area contributed by atoms with E-state index in [4.69, 9.17) is 0 Å². The molecule has 94 valence electrons. The molecule has 1 aromatic carbocycles. The minimum Gasteiger partial charge on any atom is -0.388 e. The molecule has 0 radical (unpaired) electrons. The third-order valence-corrected chi connectivity index (χ3v) is 3.46. The highest BCUT2D eigenvalue weighted by molar-refractivity contribution is 5.20. The van der Waals surface area contributed by atoms with Gasteiger partial charge in [-0.3, -0.25) is 0 Å². The molecule has 1 aliphatic rings. The molecule has 0 bridgehead atoms. The van der Waals surface area contributed by atoms with Gasteiger partial charge in [-0.15, -0.1) is 0 Å². The summed E-state index contributed by atoms with van der Waals surface area (Å²) in [6.07, 6.45) is 5.88. The Bertz CT molecular complexity index is 528. The zero-order valence-electron chi connectivity index (χ0n) is 10.1. The van der Waals surface area contributed by atoms with Gasteiger partial charge in [0.1, 0.15) is 5.82 Å². The first-order chi connectivity index (χ1) is 8.72. The lowest BCUT2D eigenvalue weighted by atomic mass is 10.1. The Morgan fingerprint density at radius 3 is 2.61 bits per heavy atom. The van der Waals surface area contributed by atoms with Crippen LogP contribution in [-0.2, 0) is 6.54 Å². The number of halogens is 1. The summed E-state index contributed by atoms with van der Waals surface area (Å²) in [6.45, 7) is 0.706. The van der Waals surface area contributed by atoms with Crippen LogP contribution in [0, 0.1) is 11.7 Å². The second kappa shape index (κ2) is 4.58. The van der Waals surface area contributed by atoms with Crippen molar-refractivity contribution in [3.05, 3.63) is 59.7 Å². The van der Waals surface area contributed by atoms with Gasteiger partial charge in [0.2, 0.25) is 0 Å². The SMILES string of the molecule is OC(c1ccn(Cc2ccc(F)cc2)c1)C1CC1. The summed E-state index contributed by atoms with van der Waals surface area (Å²) in [5.41, 5.74) is 2.04. The van der Waals surface area contributed by atoms with Crippen LogP contribution < -0.4 is 0 Å². The molecule has 0 aliphatic heterocycles. The summed E-state index contributed by atoms with van der Waals surface area (Å²) in [7, 11) is 0. The molecule has 2 aromatic rings. The Kier molecular flexibility index (Phi) is 2.92. The van der Waals surface area contributed by atoms with E-state index in [1.54, 1.807) is 12.1 Å². The maximum atomic E-state index is 12.8. The molecular formula is C15H16FNO. The van der Waals surface area contributed by atoms with E-state index in [0.29, 0.717) is 12.5 Å². The van der Waals surface area contributed by atoms with Gasteiger partial charge < -0.3 is 9.67 Å². The lowest BCUT2D eigenvalue weighted by Crippen LogP contribution is -1.99. The summed E-state index contributed by atoms with van der Waals surface area (Å²) < 4.78 is 14.8. The number of aliphatic hydroxyl groups is 1. The average Bonchev–Trinajstić information content (AvgIpc) is 3.12. The molecule has 1 saturated carbocycles. The van der Waals surface area contributed by atoms with E-state index in [0.717, 1.165) is 24.0 Å². The maximum Gasteiger partial charge on any atom is 0.123 e. The molecule has 1 aromatic heterocycles. The zero-order valence-corrected chi connectivity index (χ0v) is 10.1. The number of nitrogens with zero attached hydrogens (tertiary/aromatic N) is 1. The standard InChI is InChI=1S/C15H16FNO/c16-14-5-1-11(2-6-14)9-17-8-7-13(10-17)15(18)12-3-4-12/h1-2,5-8,10,12,15,18H,3-4,9H2. The van der Waals surface area contributed by atoms with Crippen molar-refractivity contribution in [1.29, 1.82) is 0 Å². The molecule has 1 aliphatic carbocycles. The second-order valence-electron chi connectivity index (χ2n) is 5.03. The van der Waals surface area contributed by atoms with Gasteiger partial charge in [0, 0.05) is 18.9 Å². The zero-order chi connectivity index (χ0) is 12.5. The molecule has 2 nitrogen and oxygen atoms in total. The fraction of sp³-hybridized carbons (Fsp3) is 0.333. The van der Waals surface area contributed by atoms with Gasteiger partial charge >= 0.3 is 0 Å². The molecule has 0 amide bonds. The Morgan fingerprint density at radius 1 is 1.22 bits per heavy atom. The van der Waals surface area contributed by atoms with Gasteiger partial charge in [-0.1, -0.05) is 12.1 Å². The van der Waals surface area contributed by atoms with Gasteiger partial charge in [0.25, 0.3) is 0 Å². The minimum atomic E-state index is -0.320. The second-order valence-corrected chi connectivity index (χ2v) is 5.03. The van der Waals surface area contributed by atoms with Crippen LogP contribution in [0.1, 0.15) is 30.1 Å². The van der Waals surface area contributed by atoms with E-state index in [-0.39, 0.29) is 11.9 Å². The van der Waals surface area contributed by atoms with E-state index in [1.807, 2.05) is 23.0 Å². The summed E-state index contributed by atoms with van der Waals surface area (Å²) >= 11 is 0. The summed E-state index contributed by atoms with van der Waals surface area (Å²) in [5.74, 6) is 0.239. The molecule has 0 spiro atoms. The third kappa shape index (κ3) is 2.46. The van der Waals surface area contributed by atoms with Crippen molar-refractivity contribution >= 4 is 0 Å². The lowest BCUT2D eigenvalue weighted by Gasteiger charge is -2.06. The number of benzene rings is 1. The van der Waals surface area contributed by atoms with Gasteiger partial charge in [-0.05, 0) is 48.1 Å². The van der Waals surface area contributed by atoms with E-state index in [1.165, 1.54) is 12.1 Å². The number of hydrogen-bond acceptors (Lipinski definition) is 1. The molecule has 1 N–H and O–H groups in total. The Morgan fingerprint density at radius 2 is 1.94 bits per heavy atom. The first-order valence-corrected chi connectivity index (χ1v) is 6.30. The van der Waals surface area contributed by atoms with Crippen LogP contribution in [0.25, 0.3) is 0 Å². The van der Waals surface area contributed by atoms with Crippen molar-refractivity contribution in [1.82, 2.24) is 4.57 Å². The molecule has 1 atom stereocenters. The largest absolute Gasteiger partial charge is 0.388 e. The quantitative estimate of drug-likeness (QED) is 0.879. The van der Waals surface area contributed by atoms with Gasteiger partial charge in [-0.25, -0.2) is 4.39 Å². The van der Waals surface area contributed by atoms with Crippen molar-refractivity contribution in [3.63, 3.8) is 0 Å². The fourth-order valence-electron chi connectivity index (χ4n) is 2.22. The highest BCUT2D eigenvalue weighted by atomic mass is 19.1. The predicted molar refractivity (Wildman–Crippen MR) is 67.6 cm³/mol. The molecule has 18 heavy (non-hydrogen) atoms. The van der Waals surface area contributed by atoms with Crippen LogP contribution in [0.2, 0.25) is 0 Å². The van der Waals surface area contributed by atoms with E-state index in [2.05, 4.69) is 0 Å². The van der Waals surface area contributed by atoms with Crippen molar-refractivity contribution < 1.29 is 9.50 Å². The summed E-state index contributed by atoms with van der Waals surface area (Å²) in [5, 5.41) is 10.0. The number of aliphatic hydroxyl groups excluding tert-OH is 1. The molecule has 0 saturated heterocycles. The molecule has 1 unspecified atom stereocenters. The van der Waals surface area contributed by atoms with Gasteiger partial charge in [0.15, 0.2) is 0 Å². The molecule has 1 heterocycles. The molecule has 3 rings (SSSR count). The van der Waals surface area contributed by atoms with E-state index < -0.39 is 0 Å². The summed E-state index contributed by atoms with van der Waals surface area (Å²) in [4.78, 5) is 0. The van der Waals surface area contributed by atoms with Crippen LogP contribution >= 0.6 is 0 Å². The van der Waals surface area contributed by atoms with E-state index in [9.17, 15) is 9.50 Å². The minimum absolute atomic E-state index is 0.212. The summed E-state index contributed by atoms with van der Waals surface area (Å²) in [6, 6.07) is 8.47. The number of rotatable bonds is 4. The van der Waals surface area contributed by atoms with E-state index >= 15 is 0 Å². The van der Waals surface area contributed by atoms with Crippen LogP contribution in [0.5, 0.6) is 0 Å². The monoisotopic (exact) mass is 245 g/mol. The lowest BCUT2D eigenvalue weighted by molar-refractivity contribution is 0.154. The highest BCUT2D eigenvalue weighted by Gasteiger charge is 2.31. The smallest absolute Gasteiger partial charge is 0.123 e. The van der Waals surface area contributed by atoms with Crippen molar-refractivity contribution in [2.24, 2.45) is 5.92 Å². The van der Waals surface area contributed by atoms with Crippen LogP contribution in [0.4, 0.5) is 4.39 Å². The van der Waals surface area contributed by atoms with Crippen LogP contribution in [0.3, 0.4) is 0 Å².